The number of hydrogen-bond donors (Lipinski definition) is 1. The molecule has 2 heterocycles. The number of rotatable bonds is 4. The van der Waals surface area contributed by atoms with Gasteiger partial charge in [-0.15, -0.1) is 11.8 Å². The fraction of sp³-hybridized carbons (Fsp3) is 0.409. The first kappa shape index (κ1) is 20.3. The predicted molar refractivity (Wildman–Crippen MR) is 124 cm³/mol. The summed E-state index contributed by atoms with van der Waals surface area (Å²) in [6.07, 6.45) is 2.48. The van der Waals surface area contributed by atoms with Crippen molar-refractivity contribution < 1.29 is 9.90 Å². The third kappa shape index (κ3) is 3.75. The second-order valence-electron chi connectivity index (χ2n) is 8.06. The highest BCUT2D eigenvalue weighted by Crippen LogP contribution is 2.41. The quantitative estimate of drug-likeness (QED) is 0.718. The van der Waals surface area contributed by atoms with E-state index in [1.807, 2.05) is 11.0 Å². The molecule has 1 saturated heterocycles. The van der Waals surface area contributed by atoms with Crippen molar-refractivity contribution in [2.24, 2.45) is 0 Å². The first-order chi connectivity index (χ1) is 14.5. The number of hydrogen-bond acceptors (Lipinski definition) is 5. The van der Waals surface area contributed by atoms with Crippen molar-refractivity contribution in [3.8, 4) is 5.75 Å². The third-order valence-electron chi connectivity index (χ3n) is 6.05. The number of benzene rings is 2. The highest BCUT2D eigenvalue weighted by atomic mass is 35.5. The van der Waals surface area contributed by atoms with Crippen LogP contribution in [-0.2, 0) is 11.3 Å². The Hall–Kier alpha value is -1.60. The molecule has 2 aromatic carbocycles. The fourth-order valence-electron chi connectivity index (χ4n) is 4.34. The third-order valence-corrected chi connectivity index (χ3v) is 7.77. The number of carbonyl (C=O) groups excluding carboxylic acids is 1. The number of thioether (sulfide) groups is 1. The molecule has 2 fully saturated rings. The summed E-state index contributed by atoms with van der Waals surface area (Å²) in [7, 11) is 0. The van der Waals surface area contributed by atoms with Gasteiger partial charge in [-0.25, -0.2) is 0 Å². The van der Waals surface area contributed by atoms with Crippen LogP contribution in [0.3, 0.4) is 0 Å². The van der Waals surface area contributed by atoms with Crippen LogP contribution in [0.2, 0.25) is 10.0 Å². The lowest BCUT2D eigenvalue weighted by Crippen LogP contribution is -2.52. The maximum atomic E-state index is 13.6. The molecule has 2 aromatic rings. The van der Waals surface area contributed by atoms with Gasteiger partial charge in [-0.05, 0) is 36.6 Å². The van der Waals surface area contributed by atoms with Gasteiger partial charge < -0.3 is 14.9 Å². The summed E-state index contributed by atoms with van der Waals surface area (Å²) in [6.45, 7) is 2.12. The molecule has 5 nitrogen and oxygen atoms in total. The number of carbonyl (C=O) groups is 1. The van der Waals surface area contributed by atoms with Crippen LogP contribution in [0.25, 0.3) is 0 Å². The summed E-state index contributed by atoms with van der Waals surface area (Å²) in [5.41, 5.74) is 3.01. The monoisotopic (exact) mass is 463 g/mol. The van der Waals surface area contributed by atoms with Crippen LogP contribution in [0.15, 0.2) is 36.4 Å². The molecule has 1 saturated carbocycles. The van der Waals surface area contributed by atoms with Crippen molar-refractivity contribution >= 4 is 52.2 Å². The number of aromatic hydroxyl groups is 1. The number of phenols is 1. The van der Waals surface area contributed by atoms with Gasteiger partial charge in [0.2, 0.25) is 5.91 Å². The van der Waals surface area contributed by atoms with E-state index < -0.39 is 0 Å². The van der Waals surface area contributed by atoms with Gasteiger partial charge in [0.1, 0.15) is 5.75 Å². The normalized spacial score (nSPS) is 21.7. The molecule has 158 valence electrons. The number of nitrogens with zero attached hydrogens (tertiary/aromatic N) is 3. The zero-order valence-corrected chi connectivity index (χ0v) is 18.8. The highest BCUT2D eigenvalue weighted by Gasteiger charge is 2.39. The smallest absolute Gasteiger partial charge is 0.245 e. The summed E-state index contributed by atoms with van der Waals surface area (Å²) < 4.78 is 0. The van der Waals surface area contributed by atoms with Crippen LogP contribution in [-0.4, -0.2) is 52.7 Å². The van der Waals surface area contributed by atoms with E-state index in [-0.39, 0.29) is 22.7 Å². The molecule has 0 radical (unpaired) electrons. The minimum atomic E-state index is -0.209. The van der Waals surface area contributed by atoms with Crippen LogP contribution >= 0.6 is 35.0 Å². The molecular weight excluding hydrogens is 441 g/mol. The molecule has 5 rings (SSSR count). The molecule has 0 bridgehead atoms. The van der Waals surface area contributed by atoms with Crippen molar-refractivity contribution in [1.82, 2.24) is 4.90 Å². The van der Waals surface area contributed by atoms with Gasteiger partial charge in [-0.2, -0.15) is 0 Å². The standard InChI is InChI=1S/C22H23Cl2N3O2S/c23-16-10-21(28)17(24)9-14(16)11-25-13-30-12-20(25)22(29)27-8-7-26(15-5-6-15)18-3-1-2-4-19(18)27/h1-4,9-10,15,20,28H,5-8,11-13H2/t20-/m0/s1. The number of para-hydroxylation sites is 2. The van der Waals surface area contributed by atoms with E-state index in [4.69, 9.17) is 23.2 Å². The lowest BCUT2D eigenvalue weighted by atomic mass is 10.1. The van der Waals surface area contributed by atoms with Crippen molar-refractivity contribution in [1.29, 1.82) is 0 Å². The Morgan fingerprint density at radius 1 is 1.10 bits per heavy atom. The van der Waals surface area contributed by atoms with Gasteiger partial charge in [0.15, 0.2) is 0 Å². The summed E-state index contributed by atoms with van der Waals surface area (Å²) in [4.78, 5) is 20.2. The molecule has 2 aliphatic heterocycles. The van der Waals surface area contributed by atoms with Crippen molar-refractivity contribution in [3.63, 3.8) is 0 Å². The van der Waals surface area contributed by atoms with E-state index in [2.05, 4.69) is 28.0 Å². The summed E-state index contributed by atoms with van der Waals surface area (Å²) in [5, 5.41) is 10.5. The number of amides is 1. The van der Waals surface area contributed by atoms with Crippen molar-refractivity contribution in [3.05, 3.63) is 52.0 Å². The van der Waals surface area contributed by atoms with E-state index in [9.17, 15) is 9.90 Å². The zero-order chi connectivity index (χ0) is 20.8. The largest absolute Gasteiger partial charge is 0.506 e. The first-order valence-corrected chi connectivity index (χ1v) is 12.1. The molecule has 3 aliphatic rings. The number of halogens is 2. The molecular formula is C22H23Cl2N3O2S. The van der Waals surface area contributed by atoms with E-state index in [1.165, 1.54) is 24.6 Å². The predicted octanol–water partition coefficient (Wildman–Crippen LogP) is 4.59. The van der Waals surface area contributed by atoms with E-state index in [0.29, 0.717) is 24.2 Å². The van der Waals surface area contributed by atoms with Crippen molar-refractivity contribution in [2.45, 2.75) is 31.5 Å². The topological polar surface area (TPSA) is 47.0 Å². The van der Waals surface area contributed by atoms with E-state index in [0.717, 1.165) is 29.4 Å². The molecule has 1 amide bonds. The van der Waals surface area contributed by atoms with Crippen molar-refractivity contribution in [2.75, 3.05) is 34.5 Å². The minimum Gasteiger partial charge on any atom is -0.506 e. The van der Waals surface area contributed by atoms with Gasteiger partial charge in [0, 0.05) is 48.4 Å². The van der Waals surface area contributed by atoms with Crippen LogP contribution in [0, 0.1) is 0 Å². The Balaban J connectivity index is 1.38. The lowest BCUT2D eigenvalue weighted by molar-refractivity contribution is -0.122. The number of fused-ring (bicyclic) bond motifs is 1. The average Bonchev–Trinajstić information content (AvgIpc) is 3.49. The Morgan fingerprint density at radius 3 is 2.63 bits per heavy atom. The number of phenolic OH excluding ortho intramolecular Hbond substituents is 1. The Kier molecular flexibility index (Phi) is 5.52. The molecule has 1 atom stereocenters. The Morgan fingerprint density at radius 2 is 1.87 bits per heavy atom. The van der Waals surface area contributed by atoms with Gasteiger partial charge in [0.25, 0.3) is 0 Å². The maximum absolute atomic E-state index is 13.6. The van der Waals surface area contributed by atoms with Gasteiger partial charge in [-0.1, -0.05) is 35.3 Å². The molecule has 1 aliphatic carbocycles. The maximum Gasteiger partial charge on any atom is 0.245 e. The fourth-order valence-corrected chi connectivity index (χ4v) is 5.93. The molecule has 8 heteroatoms. The molecule has 0 aromatic heterocycles. The van der Waals surface area contributed by atoms with Crippen LogP contribution in [0.1, 0.15) is 18.4 Å². The Bertz CT molecular complexity index is 985. The van der Waals surface area contributed by atoms with Crippen LogP contribution in [0.4, 0.5) is 11.4 Å². The van der Waals surface area contributed by atoms with Crippen LogP contribution < -0.4 is 9.80 Å². The SMILES string of the molecule is O=C([C@@H]1CSCN1Cc1cc(Cl)c(O)cc1Cl)N1CCN(C2CC2)c2ccccc21. The number of anilines is 2. The molecule has 0 unspecified atom stereocenters. The molecule has 1 N–H and O–H groups in total. The average molecular weight is 464 g/mol. The molecule has 0 spiro atoms. The summed E-state index contributed by atoms with van der Waals surface area (Å²) in [6, 6.07) is 11.8. The second-order valence-corrected chi connectivity index (χ2v) is 9.87. The summed E-state index contributed by atoms with van der Waals surface area (Å²) >= 11 is 14.2. The van der Waals surface area contributed by atoms with Gasteiger partial charge in [-0.3, -0.25) is 9.69 Å². The zero-order valence-electron chi connectivity index (χ0n) is 16.4. The Labute approximate surface area is 190 Å². The van der Waals surface area contributed by atoms with E-state index >= 15 is 0 Å². The first-order valence-electron chi connectivity index (χ1n) is 10.2. The second kappa shape index (κ2) is 8.15. The van der Waals surface area contributed by atoms with Gasteiger partial charge in [0.05, 0.1) is 22.4 Å². The minimum absolute atomic E-state index is 0.0287. The summed E-state index contributed by atoms with van der Waals surface area (Å²) in [5.74, 6) is 1.63. The van der Waals surface area contributed by atoms with E-state index in [1.54, 1.807) is 17.8 Å². The van der Waals surface area contributed by atoms with Gasteiger partial charge >= 0.3 is 0 Å². The van der Waals surface area contributed by atoms with Crippen LogP contribution in [0.5, 0.6) is 5.75 Å². The molecule has 30 heavy (non-hydrogen) atoms. The lowest BCUT2D eigenvalue weighted by Gasteiger charge is -2.39. The highest BCUT2D eigenvalue weighted by molar-refractivity contribution is 7.99.